The third-order valence-electron chi connectivity index (χ3n) is 3.06. The van der Waals surface area contributed by atoms with Crippen LogP contribution in [0.1, 0.15) is 13.3 Å². The van der Waals surface area contributed by atoms with Gasteiger partial charge in [0, 0.05) is 24.0 Å². The van der Waals surface area contributed by atoms with Crippen molar-refractivity contribution in [2.75, 3.05) is 19.7 Å². The third-order valence-corrected chi connectivity index (χ3v) is 3.84. The van der Waals surface area contributed by atoms with Gasteiger partial charge in [0.25, 0.3) is 0 Å². The number of halogens is 4. The summed E-state index contributed by atoms with van der Waals surface area (Å²) in [6.07, 6.45) is 5.48. The SMILES string of the molecule is CCCN(CCOc1c(Cl)cc(Cl)cc1Cl)C(=O)n1ccnc1.F. The van der Waals surface area contributed by atoms with Crippen LogP contribution in [0.5, 0.6) is 5.75 Å². The molecule has 0 unspecified atom stereocenters. The highest BCUT2D eigenvalue weighted by atomic mass is 35.5. The van der Waals surface area contributed by atoms with Gasteiger partial charge in [-0.3, -0.25) is 9.27 Å². The van der Waals surface area contributed by atoms with Crippen LogP contribution in [0.15, 0.2) is 30.9 Å². The number of aromatic nitrogens is 2. The molecule has 0 fully saturated rings. The van der Waals surface area contributed by atoms with Crippen molar-refractivity contribution < 1.29 is 14.2 Å². The molecular weight excluding hydrogens is 380 g/mol. The van der Waals surface area contributed by atoms with E-state index in [-0.39, 0.29) is 17.3 Å². The highest BCUT2D eigenvalue weighted by Gasteiger charge is 2.15. The van der Waals surface area contributed by atoms with Crippen molar-refractivity contribution in [1.82, 2.24) is 14.5 Å². The smallest absolute Gasteiger partial charge is 0.329 e. The Kier molecular flexibility index (Phi) is 8.31. The van der Waals surface area contributed by atoms with Crippen molar-refractivity contribution >= 4 is 40.8 Å². The Morgan fingerprint density at radius 1 is 1.25 bits per heavy atom. The zero-order chi connectivity index (χ0) is 16.8. The molecule has 1 aromatic carbocycles. The zero-order valence-corrected chi connectivity index (χ0v) is 15.2. The minimum Gasteiger partial charge on any atom is -0.489 e. The summed E-state index contributed by atoms with van der Waals surface area (Å²) in [6.45, 7) is 3.28. The third kappa shape index (κ3) is 5.26. The first-order valence-corrected chi connectivity index (χ1v) is 8.21. The van der Waals surface area contributed by atoms with Crippen molar-refractivity contribution in [1.29, 1.82) is 0 Å². The average molecular weight is 397 g/mol. The molecule has 2 rings (SSSR count). The molecule has 0 saturated heterocycles. The molecule has 1 aromatic heterocycles. The predicted octanol–water partition coefficient (Wildman–Crippen LogP) is 4.75. The first-order chi connectivity index (χ1) is 11.0. The fraction of sp³-hybridized carbons (Fsp3) is 0.333. The molecule has 0 aliphatic carbocycles. The van der Waals surface area contributed by atoms with Crippen molar-refractivity contribution in [3.8, 4) is 5.75 Å². The minimum absolute atomic E-state index is 0. The molecule has 0 spiro atoms. The highest BCUT2D eigenvalue weighted by molar-refractivity contribution is 6.40. The van der Waals surface area contributed by atoms with E-state index < -0.39 is 0 Å². The molecule has 9 heteroatoms. The molecule has 5 nitrogen and oxygen atoms in total. The molecule has 1 amide bonds. The van der Waals surface area contributed by atoms with Gasteiger partial charge in [0.1, 0.15) is 12.9 Å². The molecule has 1 heterocycles. The molecule has 0 saturated carbocycles. The lowest BCUT2D eigenvalue weighted by atomic mass is 10.3. The Morgan fingerprint density at radius 2 is 1.92 bits per heavy atom. The summed E-state index contributed by atoms with van der Waals surface area (Å²) in [5, 5.41) is 1.12. The number of benzene rings is 1. The summed E-state index contributed by atoms with van der Waals surface area (Å²) in [5.41, 5.74) is 0. The molecule has 0 radical (unpaired) electrons. The van der Waals surface area contributed by atoms with Crippen LogP contribution in [0.4, 0.5) is 9.50 Å². The number of hydrogen-bond donors (Lipinski definition) is 0. The Hall–Kier alpha value is -1.50. The molecule has 0 N–H and O–H groups in total. The van der Waals surface area contributed by atoms with Gasteiger partial charge in [-0.1, -0.05) is 41.7 Å². The van der Waals surface area contributed by atoms with E-state index in [2.05, 4.69) is 4.98 Å². The van der Waals surface area contributed by atoms with Crippen molar-refractivity contribution in [3.63, 3.8) is 0 Å². The number of rotatable bonds is 6. The molecule has 24 heavy (non-hydrogen) atoms. The van der Waals surface area contributed by atoms with Gasteiger partial charge in [0.05, 0.1) is 16.6 Å². The molecular formula is C15H17Cl3FN3O2. The van der Waals surface area contributed by atoms with Crippen LogP contribution in [-0.2, 0) is 0 Å². The van der Waals surface area contributed by atoms with Gasteiger partial charge in [-0.15, -0.1) is 0 Å². The maximum atomic E-state index is 12.3. The number of imidazole rings is 1. The van der Waals surface area contributed by atoms with Crippen LogP contribution in [0.2, 0.25) is 15.1 Å². The molecule has 0 atom stereocenters. The Labute approximate surface area is 154 Å². The first kappa shape index (κ1) is 20.5. The van der Waals surface area contributed by atoms with E-state index >= 15 is 0 Å². The van der Waals surface area contributed by atoms with Gasteiger partial charge in [0.2, 0.25) is 0 Å². The van der Waals surface area contributed by atoms with Gasteiger partial charge in [0.15, 0.2) is 5.75 Å². The Bertz CT molecular complexity index is 645. The topological polar surface area (TPSA) is 47.4 Å². The second-order valence-corrected chi connectivity index (χ2v) is 6.04. The van der Waals surface area contributed by atoms with E-state index in [1.165, 1.54) is 10.9 Å². The first-order valence-electron chi connectivity index (χ1n) is 7.07. The molecule has 0 bridgehead atoms. The van der Waals surface area contributed by atoms with Crippen LogP contribution in [0.3, 0.4) is 0 Å². The number of carbonyl (C=O) groups is 1. The monoisotopic (exact) mass is 395 g/mol. The van der Waals surface area contributed by atoms with E-state index in [1.54, 1.807) is 29.4 Å². The number of amides is 1. The lowest BCUT2D eigenvalue weighted by Gasteiger charge is -2.22. The number of nitrogens with zero attached hydrogens (tertiary/aromatic N) is 3. The van der Waals surface area contributed by atoms with E-state index in [1.807, 2.05) is 6.92 Å². The van der Waals surface area contributed by atoms with Crippen molar-refractivity contribution in [2.45, 2.75) is 13.3 Å². The fourth-order valence-electron chi connectivity index (χ4n) is 2.03. The van der Waals surface area contributed by atoms with Gasteiger partial charge in [-0.25, -0.2) is 9.78 Å². The fourth-order valence-corrected chi connectivity index (χ4v) is 2.96. The standard InChI is InChI=1S/C15H16Cl3N3O2.FH/c1-2-4-20(15(22)21-5-3-19-10-21)6-7-23-14-12(17)8-11(16)9-13(14)18;/h3,5,8-10H,2,4,6-7H2,1H3;1H. The van der Waals surface area contributed by atoms with Gasteiger partial charge in [-0.2, -0.15) is 0 Å². The van der Waals surface area contributed by atoms with Crippen molar-refractivity contribution in [3.05, 3.63) is 45.9 Å². The summed E-state index contributed by atoms with van der Waals surface area (Å²) < 4.78 is 7.05. The van der Waals surface area contributed by atoms with Gasteiger partial charge in [-0.05, 0) is 18.6 Å². The van der Waals surface area contributed by atoms with Crippen LogP contribution in [0, 0.1) is 0 Å². The number of carbonyl (C=O) groups excluding carboxylic acids is 1. The lowest BCUT2D eigenvalue weighted by molar-refractivity contribution is 0.184. The van der Waals surface area contributed by atoms with Crippen LogP contribution < -0.4 is 4.74 Å². The summed E-state index contributed by atoms with van der Waals surface area (Å²) >= 11 is 18.0. The lowest BCUT2D eigenvalue weighted by Crippen LogP contribution is -2.37. The summed E-state index contributed by atoms with van der Waals surface area (Å²) in [4.78, 5) is 17.9. The normalized spacial score (nSPS) is 10.2. The van der Waals surface area contributed by atoms with Crippen LogP contribution >= 0.6 is 34.8 Å². The Balaban J connectivity index is 0.00000288. The zero-order valence-electron chi connectivity index (χ0n) is 12.9. The summed E-state index contributed by atoms with van der Waals surface area (Å²) in [5.74, 6) is 0.365. The largest absolute Gasteiger partial charge is 0.489 e. The van der Waals surface area contributed by atoms with E-state index in [0.29, 0.717) is 33.9 Å². The summed E-state index contributed by atoms with van der Waals surface area (Å²) in [6, 6.07) is 2.97. The second kappa shape index (κ2) is 9.71. The van der Waals surface area contributed by atoms with E-state index in [0.717, 1.165) is 6.42 Å². The quantitative estimate of drug-likeness (QED) is 0.707. The van der Waals surface area contributed by atoms with Crippen molar-refractivity contribution in [2.24, 2.45) is 0 Å². The van der Waals surface area contributed by atoms with Crippen LogP contribution in [-0.4, -0.2) is 40.2 Å². The maximum Gasteiger partial charge on any atom is 0.329 e. The number of hydrogen-bond acceptors (Lipinski definition) is 3. The summed E-state index contributed by atoms with van der Waals surface area (Å²) in [7, 11) is 0. The molecule has 132 valence electrons. The highest BCUT2D eigenvalue weighted by Crippen LogP contribution is 2.35. The van der Waals surface area contributed by atoms with Crippen LogP contribution in [0.25, 0.3) is 0 Å². The van der Waals surface area contributed by atoms with E-state index in [4.69, 9.17) is 39.5 Å². The molecule has 2 aromatic rings. The minimum atomic E-state index is -0.152. The Morgan fingerprint density at radius 3 is 2.46 bits per heavy atom. The van der Waals surface area contributed by atoms with Gasteiger partial charge >= 0.3 is 6.03 Å². The van der Waals surface area contributed by atoms with E-state index in [9.17, 15) is 4.79 Å². The maximum absolute atomic E-state index is 12.3. The predicted molar refractivity (Wildman–Crippen MR) is 94.4 cm³/mol. The number of ether oxygens (including phenoxy) is 1. The van der Waals surface area contributed by atoms with Gasteiger partial charge < -0.3 is 9.64 Å². The molecule has 0 aliphatic rings. The average Bonchev–Trinajstić information content (AvgIpc) is 3.02. The second-order valence-electron chi connectivity index (χ2n) is 4.79. The molecule has 0 aliphatic heterocycles.